The summed E-state index contributed by atoms with van der Waals surface area (Å²) in [7, 11) is 1.32. The third kappa shape index (κ3) is 5.70. The molecule has 0 saturated carbocycles. The van der Waals surface area contributed by atoms with Gasteiger partial charge in [0.05, 0.1) is 12.1 Å². The highest BCUT2D eigenvalue weighted by atomic mass is 35.5. The Bertz CT molecular complexity index is 1250. The van der Waals surface area contributed by atoms with E-state index in [0.29, 0.717) is 44.9 Å². The van der Waals surface area contributed by atoms with Crippen LogP contribution in [0.4, 0.5) is 0 Å². The van der Waals surface area contributed by atoms with Crippen molar-refractivity contribution in [2.24, 2.45) is 0 Å². The quantitative estimate of drug-likeness (QED) is 0.302. The SMILES string of the molecule is COC(=O)C1CCCN1C(=O)c1ccc(OC(c2ccc(Cl)cc2)c2ccc(Cl)cc2Cl)c(Cl)c1. The summed E-state index contributed by atoms with van der Waals surface area (Å²) >= 11 is 25.2. The van der Waals surface area contributed by atoms with Crippen LogP contribution in [0.2, 0.25) is 20.1 Å². The lowest BCUT2D eigenvalue weighted by Gasteiger charge is -2.24. The number of methoxy groups -OCH3 is 1. The van der Waals surface area contributed by atoms with Crippen LogP contribution in [0.3, 0.4) is 0 Å². The Hall–Kier alpha value is -2.44. The van der Waals surface area contributed by atoms with E-state index < -0.39 is 18.1 Å². The van der Waals surface area contributed by atoms with Gasteiger partial charge in [0.1, 0.15) is 11.8 Å². The number of esters is 1. The highest BCUT2D eigenvalue weighted by Crippen LogP contribution is 2.37. The largest absolute Gasteiger partial charge is 0.479 e. The Kier molecular flexibility index (Phi) is 8.12. The fourth-order valence-corrected chi connectivity index (χ4v) is 4.93. The smallest absolute Gasteiger partial charge is 0.328 e. The van der Waals surface area contributed by atoms with E-state index in [1.165, 1.54) is 18.1 Å². The number of amides is 1. The lowest BCUT2D eigenvalue weighted by atomic mass is 10.0. The number of halogens is 4. The second-order valence-corrected chi connectivity index (χ2v) is 9.73. The third-order valence-corrected chi connectivity index (χ3v) is 6.94. The molecule has 2 atom stereocenters. The molecule has 0 N–H and O–H groups in total. The summed E-state index contributed by atoms with van der Waals surface area (Å²) in [6.07, 6.45) is 0.682. The second kappa shape index (κ2) is 11.1. The minimum atomic E-state index is -0.613. The van der Waals surface area contributed by atoms with Crippen molar-refractivity contribution in [2.75, 3.05) is 13.7 Å². The second-order valence-electron chi connectivity index (χ2n) is 8.04. The molecule has 0 spiro atoms. The van der Waals surface area contributed by atoms with Crippen LogP contribution in [0.25, 0.3) is 0 Å². The molecular weight excluding hydrogens is 532 g/mol. The molecule has 1 heterocycles. The van der Waals surface area contributed by atoms with Gasteiger partial charge in [0.25, 0.3) is 5.91 Å². The van der Waals surface area contributed by atoms with Crippen LogP contribution in [0.1, 0.15) is 40.4 Å². The standard InChI is InChI=1S/C26H21Cl4NO4/c1-34-26(33)22-3-2-12-31(22)25(32)16-6-11-23(21(30)13-16)35-24(15-4-7-17(27)8-5-15)19-10-9-18(28)14-20(19)29/h4-11,13-14,22,24H,2-3,12H2,1H3. The monoisotopic (exact) mass is 551 g/mol. The molecule has 1 saturated heterocycles. The zero-order valence-corrected chi connectivity index (χ0v) is 21.7. The highest BCUT2D eigenvalue weighted by molar-refractivity contribution is 6.35. The van der Waals surface area contributed by atoms with Gasteiger partial charge in [-0.3, -0.25) is 4.79 Å². The Morgan fingerprint density at radius 3 is 2.29 bits per heavy atom. The minimum Gasteiger partial charge on any atom is -0.479 e. The first-order valence-electron chi connectivity index (χ1n) is 10.8. The fourth-order valence-electron chi connectivity index (χ4n) is 4.08. The molecule has 35 heavy (non-hydrogen) atoms. The van der Waals surface area contributed by atoms with E-state index in [2.05, 4.69) is 0 Å². The molecule has 3 aromatic rings. The van der Waals surface area contributed by atoms with Gasteiger partial charge < -0.3 is 14.4 Å². The molecule has 0 aliphatic carbocycles. The minimum absolute atomic E-state index is 0.244. The zero-order chi connectivity index (χ0) is 25.1. The number of nitrogens with zero attached hydrogens (tertiary/aromatic N) is 1. The molecule has 4 rings (SSSR count). The molecule has 0 bridgehead atoms. The van der Waals surface area contributed by atoms with E-state index >= 15 is 0 Å². The summed E-state index contributed by atoms with van der Waals surface area (Å²) in [5.41, 5.74) is 1.84. The van der Waals surface area contributed by atoms with Crippen LogP contribution < -0.4 is 4.74 Å². The van der Waals surface area contributed by atoms with Gasteiger partial charge in [0, 0.05) is 32.7 Å². The number of carbonyl (C=O) groups is 2. The number of hydrogen-bond acceptors (Lipinski definition) is 4. The Morgan fingerprint density at radius 2 is 1.63 bits per heavy atom. The number of likely N-dealkylation sites (tertiary alicyclic amines) is 1. The number of benzene rings is 3. The number of rotatable bonds is 6. The van der Waals surface area contributed by atoms with E-state index in [0.717, 1.165) is 12.0 Å². The molecular formula is C26H21Cl4NO4. The normalized spacial score (nSPS) is 16.1. The predicted molar refractivity (Wildman–Crippen MR) is 138 cm³/mol. The molecule has 2 unspecified atom stereocenters. The van der Waals surface area contributed by atoms with Crippen molar-refractivity contribution in [3.8, 4) is 5.75 Å². The molecule has 1 amide bonds. The van der Waals surface area contributed by atoms with Crippen LogP contribution >= 0.6 is 46.4 Å². The highest BCUT2D eigenvalue weighted by Gasteiger charge is 2.35. The maximum atomic E-state index is 13.1. The molecule has 1 aliphatic heterocycles. The van der Waals surface area contributed by atoms with Crippen molar-refractivity contribution in [1.29, 1.82) is 0 Å². The average Bonchev–Trinajstić information content (AvgIpc) is 3.33. The Balaban J connectivity index is 1.63. The zero-order valence-electron chi connectivity index (χ0n) is 18.6. The van der Waals surface area contributed by atoms with E-state index in [9.17, 15) is 9.59 Å². The summed E-state index contributed by atoms with van der Waals surface area (Å²) in [6.45, 7) is 0.474. The van der Waals surface area contributed by atoms with Crippen LogP contribution in [-0.4, -0.2) is 36.5 Å². The van der Waals surface area contributed by atoms with Gasteiger partial charge in [-0.25, -0.2) is 4.79 Å². The lowest BCUT2D eigenvalue weighted by Crippen LogP contribution is -2.41. The number of carbonyl (C=O) groups excluding carboxylic acids is 2. The summed E-state index contributed by atoms with van der Waals surface area (Å²) in [4.78, 5) is 26.7. The Morgan fingerprint density at radius 1 is 0.914 bits per heavy atom. The molecule has 9 heteroatoms. The molecule has 3 aromatic carbocycles. The first-order chi connectivity index (χ1) is 16.8. The van der Waals surface area contributed by atoms with Gasteiger partial charge in [-0.15, -0.1) is 0 Å². The molecule has 5 nitrogen and oxygen atoms in total. The molecule has 182 valence electrons. The van der Waals surface area contributed by atoms with Crippen molar-refractivity contribution in [2.45, 2.75) is 25.0 Å². The summed E-state index contributed by atoms with van der Waals surface area (Å²) in [5, 5.41) is 1.77. The van der Waals surface area contributed by atoms with Crippen LogP contribution in [0.5, 0.6) is 5.75 Å². The van der Waals surface area contributed by atoms with Crippen molar-refractivity contribution in [3.63, 3.8) is 0 Å². The summed E-state index contributed by atoms with van der Waals surface area (Å²) in [6, 6.07) is 16.5. The molecule has 1 aliphatic rings. The van der Waals surface area contributed by atoms with E-state index in [1.807, 2.05) is 12.1 Å². The van der Waals surface area contributed by atoms with Gasteiger partial charge in [0.2, 0.25) is 0 Å². The van der Waals surface area contributed by atoms with Crippen molar-refractivity contribution in [3.05, 3.63) is 97.4 Å². The number of hydrogen-bond donors (Lipinski definition) is 0. The molecule has 1 fully saturated rings. The fraction of sp³-hybridized carbons (Fsp3) is 0.231. The summed E-state index contributed by atoms with van der Waals surface area (Å²) in [5.74, 6) is -0.353. The van der Waals surface area contributed by atoms with Crippen molar-refractivity contribution >= 4 is 58.3 Å². The molecule has 0 aromatic heterocycles. The maximum Gasteiger partial charge on any atom is 0.328 e. The van der Waals surface area contributed by atoms with E-state index in [-0.39, 0.29) is 10.9 Å². The maximum absolute atomic E-state index is 13.1. The molecule has 0 radical (unpaired) electrons. The average molecular weight is 553 g/mol. The van der Waals surface area contributed by atoms with Crippen LogP contribution in [0.15, 0.2) is 60.7 Å². The number of ether oxygens (including phenoxy) is 2. The summed E-state index contributed by atoms with van der Waals surface area (Å²) < 4.78 is 11.2. The third-order valence-electron chi connectivity index (χ3n) is 5.83. The topological polar surface area (TPSA) is 55.8 Å². The van der Waals surface area contributed by atoms with Gasteiger partial charge in [-0.05, 0) is 60.9 Å². The lowest BCUT2D eigenvalue weighted by molar-refractivity contribution is -0.145. The van der Waals surface area contributed by atoms with Crippen LogP contribution in [0, 0.1) is 0 Å². The first-order valence-corrected chi connectivity index (χ1v) is 12.3. The van der Waals surface area contributed by atoms with Gasteiger partial charge >= 0.3 is 5.97 Å². The van der Waals surface area contributed by atoms with Crippen LogP contribution in [-0.2, 0) is 9.53 Å². The Labute approximate surface area is 223 Å². The van der Waals surface area contributed by atoms with Gasteiger partial charge in [0.15, 0.2) is 6.10 Å². The first kappa shape index (κ1) is 25.6. The van der Waals surface area contributed by atoms with Crippen molar-refractivity contribution in [1.82, 2.24) is 4.90 Å². The predicted octanol–water partition coefficient (Wildman–Crippen LogP) is 7.25. The van der Waals surface area contributed by atoms with Gasteiger partial charge in [-0.2, -0.15) is 0 Å². The van der Waals surface area contributed by atoms with Gasteiger partial charge in [-0.1, -0.05) is 64.6 Å². The van der Waals surface area contributed by atoms with E-state index in [1.54, 1.807) is 42.5 Å². The van der Waals surface area contributed by atoms with Crippen molar-refractivity contribution < 1.29 is 19.1 Å². The van der Waals surface area contributed by atoms with E-state index in [4.69, 9.17) is 55.9 Å².